The van der Waals surface area contributed by atoms with Gasteiger partial charge in [-0.15, -0.1) is 0 Å². The zero-order valence-corrected chi connectivity index (χ0v) is 19.3. The van der Waals surface area contributed by atoms with Crippen LogP contribution in [0, 0.1) is 0 Å². The molecule has 0 unspecified atom stereocenters. The number of benzene rings is 3. The van der Waals surface area contributed by atoms with Crippen LogP contribution in [0.2, 0.25) is 0 Å². The lowest BCUT2D eigenvalue weighted by Gasteiger charge is -2.38. The maximum absolute atomic E-state index is 13.5. The van der Waals surface area contributed by atoms with Crippen molar-refractivity contribution in [1.29, 1.82) is 0 Å². The van der Waals surface area contributed by atoms with E-state index in [2.05, 4.69) is 5.32 Å². The highest BCUT2D eigenvalue weighted by molar-refractivity contribution is 5.92. The molecule has 0 spiro atoms. The van der Waals surface area contributed by atoms with Gasteiger partial charge in [-0.3, -0.25) is 0 Å². The molecule has 172 valence electrons. The summed E-state index contributed by atoms with van der Waals surface area (Å²) < 4.78 is 21.8. The minimum absolute atomic E-state index is 0.215. The molecule has 0 aromatic heterocycles. The Morgan fingerprint density at radius 3 is 2.21 bits per heavy atom. The van der Waals surface area contributed by atoms with Gasteiger partial charge in [-0.05, 0) is 47.4 Å². The summed E-state index contributed by atoms with van der Waals surface area (Å²) in [4.78, 5) is 15.4. The van der Waals surface area contributed by atoms with E-state index >= 15 is 0 Å². The lowest BCUT2D eigenvalue weighted by Crippen LogP contribution is -2.43. The molecule has 7 nitrogen and oxygen atoms in total. The van der Waals surface area contributed by atoms with E-state index in [0.717, 1.165) is 16.7 Å². The second-order valence-electron chi connectivity index (χ2n) is 7.66. The van der Waals surface area contributed by atoms with Gasteiger partial charge in [0.1, 0.15) is 11.5 Å². The predicted octanol–water partition coefficient (Wildman–Crippen LogP) is 4.90. The molecule has 2 amide bonds. The molecule has 0 bridgehead atoms. The lowest BCUT2D eigenvalue weighted by molar-refractivity contribution is 0.193. The number of anilines is 1. The van der Waals surface area contributed by atoms with Gasteiger partial charge in [-0.25, -0.2) is 4.79 Å². The normalized spacial score (nSPS) is 14.8. The summed E-state index contributed by atoms with van der Waals surface area (Å²) in [5, 5.41) is 3.01. The van der Waals surface area contributed by atoms with Crippen LogP contribution in [0.4, 0.5) is 10.5 Å². The number of rotatable bonds is 6. The Morgan fingerprint density at radius 1 is 0.848 bits per heavy atom. The van der Waals surface area contributed by atoms with Gasteiger partial charge in [0, 0.05) is 12.6 Å². The number of carbonyl (C=O) groups excluding carboxylic acids is 1. The zero-order valence-electron chi connectivity index (χ0n) is 19.3. The van der Waals surface area contributed by atoms with Crippen LogP contribution in [0.5, 0.6) is 23.0 Å². The van der Waals surface area contributed by atoms with Crippen molar-refractivity contribution >= 4 is 11.7 Å². The minimum atomic E-state index is -0.279. The smallest absolute Gasteiger partial charge is 0.322 e. The molecule has 0 fully saturated rings. The zero-order chi connectivity index (χ0) is 23.4. The average Bonchev–Trinajstić information content (AvgIpc) is 2.87. The van der Waals surface area contributed by atoms with Crippen LogP contribution in [0.1, 0.15) is 22.7 Å². The summed E-state index contributed by atoms with van der Waals surface area (Å²) in [7, 11) is 6.40. The summed E-state index contributed by atoms with van der Waals surface area (Å²) in [5.74, 6) is 2.50. The van der Waals surface area contributed by atoms with Crippen LogP contribution in [0.15, 0.2) is 60.7 Å². The molecule has 1 aliphatic heterocycles. The number of methoxy groups -OCH3 is 4. The Morgan fingerprint density at radius 2 is 1.55 bits per heavy atom. The first-order valence-electron chi connectivity index (χ1n) is 10.7. The molecule has 0 saturated carbocycles. The summed E-state index contributed by atoms with van der Waals surface area (Å²) in [5.41, 5.74) is 3.74. The van der Waals surface area contributed by atoms with Gasteiger partial charge in [0.2, 0.25) is 0 Å². The Kier molecular flexibility index (Phi) is 6.58. The molecule has 3 aromatic carbocycles. The fourth-order valence-electron chi connectivity index (χ4n) is 4.25. The molecular formula is C26H28N2O5. The van der Waals surface area contributed by atoms with E-state index in [9.17, 15) is 4.79 Å². The number of nitrogens with zero attached hydrogens (tertiary/aromatic N) is 1. The van der Waals surface area contributed by atoms with Crippen molar-refractivity contribution in [3.05, 3.63) is 77.4 Å². The maximum atomic E-state index is 13.5. The number of ether oxygens (including phenoxy) is 4. The Bertz CT molecular complexity index is 1130. The Labute approximate surface area is 193 Å². The first-order chi connectivity index (χ1) is 16.1. The molecule has 0 aliphatic carbocycles. The van der Waals surface area contributed by atoms with E-state index in [1.807, 2.05) is 47.4 Å². The van der Waals surface area contributed by atoms with Crippen LogP contribution in [0.25, 0.3) is 0 Å². The lowest BCUT2D eigenvalue weighted by atomic mass is 9.88. The third-order valence-corrected chi connectivity index (χ3v) is 5.90. The summed E-state index contributed by atoms with van der Waals surface area (Å²) >= 11 is 0. The number of carbonyl (C=O) groups is 1. The third kappa shape index (κ3) is 4.39. The molecule has 0 saturated heterocycles. The van der Waals surface area contributed by atoms with E-state index in [1.54, 1.807) is 46.6 Å². The van der Waals surface area contributed by atoms with Gasteiger partial charge in [0.25, 0.3) is 0 Å². The van der Waals surface area contributed by atoms with E-state index in [-0.39, 0.29) is 12.1 Å². The molecule has 1 aliphatic rings. The molecule has 1 N–H and O–H groups in total. The molecule has 0 radical (unpaired) electrons. The monoisotopic (exact) mass is 448 g/mol. The quantitative estimate of drug-likeness (QED) is 0.581. The van der Waals surface area contributed by atoms with E-state index in [0.29, 0.717) is 41.7 Å². The molecule has 4 rings (SSSR count). The minimum Gasteiger partial charge on any atom is -0.497 e. The van der Waals surface area contributed by atoms with Crippen molar-refractivity contribution in [2.75, 3.05) is 40.3 Å². The van der Waals surface area contributed by atoms with Gasteiger partial charge < -0.3 is 29.2 Å². The highest BCUT2D eigenvalue weighted by Crippen LogP contribution is 2.41. The fourth-order valence-corrected chi connectivity index (χ4v) is 4.25. The van der Waals surface area contributed by atoms with Gasteiger partial charge in [-0.1, -0.05) is 30.3 Å². The van der Waals surface area contributed by atoms with Crippen LogP contribution in [0.3, 0.4) is 0 Å². The molecule has 7 heteroatoms. The highest BCUT2D eigenvalue weighted by Gasteiger charge is 2.33. The topological polar surface area (TPSA) is 69.3 Å². The number of fused-ring (bicyclic) bond motifs is 1. The number of nitrogens with one attached hydrogen (secondary N) is 1. The van der Waals surface area contributed by atoms with Crippen molar-refractivity contribution in [2.24, 2.45) is 0 Å². The summed E-state index contributed by atoms with van der Waals surface area (Å²) in [6.45, 7) is 0.548. The molecule has 1 heterocycles. The van der Waals surface area contributed by atoms with Gasteiger partial charge in [0.05, 0.1) is 40.2 Å². The predicted molar refractivity (Wildman–Crippen MR) is 127 cm³/mol. The van der Waals surface area contributed by atoms with Crippen molar-refractivity contribution in [2.45, 2.75) is 12.5 Å². The number of urea groups is 1. The Balaban J connectivity index is 1.73. The van der Waals surface area contributed by atoms with Gasteiger partial charge in [-0.2, -0.15) is 0 Å². The molecule has 1 atom stereocenters. The van der Waals surface area contributed by atoms with Crippen molar-refractivity contribution in [1.82, 2.24) is 4.90 Å². The SMILES string of the molecule is COc1ccc(NC(=O)N2CCc3cc(OC)c(OC)cc3[C@H]2c2ccccc2)c(OC)c1. The van der Waals surface area contributed by atoms with Crippen molar-refractivity contribution in [3.63, 3.8) is 0 Å². The van der Waals surface area contributed by atoms with Crippen LogP contribution in [-0.4, -0.2) is 45.9 Å². The number of hydrogen-bond acceptors (Lipinski definition) is 5. The van der Waals surface area contributed by atoms with Crippen LogP contribution in [-0.2, 0) is 6.42 Å². The van der Waals surface area contributed by atoms with E-state index in [4.69, 9.17) is 18.9 Å². The van der Waals surface area contributed by atoms with E-state index in [1.165, 1.54) is 0 Å². The first kappa shape index (κ1) is 22.3. The first-order valence-corrected chi connectivity index (χ1v) is 10.7. The van der Waals surface area contributed by atoms with Crippen LogP contribution >= 0.6 is 0 Å². The molecule has 3 aromatic rings. The third-order valence-electron chi connectivity index (χ3n) is 5.90. The second-order valence-corrected chi connectivity index (χ2v) is 7.66. The number of amides is 2. The average molecular weight is 449 g/mol. The van der Waals surface area contributed by atoms with Crippen LogP contribution < -0.4 is 24.3 Å². The largest absolute Gasteiger partial charge is 0.497 e. The standard InChI is InChI=1S/C26H28N2O5/c1-30-19-10-11-21(22(15-19)31-2)27-26(29)28-13-12-18-14-23(32-3)24(33-4)16-20(18)25(28)17-8-6-5-7-9-17/h5-11,14-16,25H,12-13H2,1-4H3,(H,27,29)/t25-/m1/s1. The molecule has 33 heavy (non-hydrogen) atoms. The second kappa shape index (κ2) is 9.73. The summed E-state index contributed by atoms with van der Waals surface area (Å²) in [6, 6.07) is 18.8. The fraction of sp³-hybridized carbons (Fsp3) is 0.269. The highest BCUT2D eigenvalue weighted by atomic mass is 16.5. The summed E-state index contributed by atoms with van der Waals surface area (Å²) in [6.07, 6.45) is 0.701. The van der Waals surface area contributed by atoms with Crippen molar-refractivity contribution < 1.29 is 23.7 Å². The number of hydrogen-bond donors (Lipinski definition) is 1. The van der Waals surface area contributed by atoms with Crippen molar-refractivity contribution in [3.8, 4) is 23.0 Å². The van der Waals surface area contributed by atoms with E-state index < -0.39 is 0 Å². The maximum Gasteiger partial charge on any atom is 0.322 e. The van der Waals surface area contributed by atoms with Gasteiger partial charge >= 0.3 is 6.03 Å². The Hall–Kier alpha value is -3.87. The van der Waals surface area contributed by atoms with Gasteiger partial charge in [0.15, 0.2) is 11.5 Å². The molecular weight excluding hydrogens is 420 g/mol.